The highest BCUT2D eigenvalue weighted by atomic mass is 32.2. The Morgan fingerprint density at radius 2 is 1.77 bits per heavy atom. The fourth-order valence-electron chi connectivity index (χ4n) is 1.90. The number of rotatable bonds is 5. The second kappa shape index (κ2) is 6.48. The van der Waals surface area contributed by atoms with Crippen LogP contribution in [-0.4, -0.2) is 26.4 Å². The van der Waals surface area contributed by atoms with E-state index in [0.717, 1.165) is 0 Å². The number of hydrogen-bond acceptors (Lipinski definition) is 5. The van der Waals surface area contributed by atoms with Crippen LogP contribution in [0.2, 0.25) is 0 Å². The molecule has 2 N–H and O–H groups in total. The standard InChI is InChI=1S/C15H16N2O4S/c1-11(16-18)14-5-3-4-6-15(14)17-22(19,20)13-9-7-12(21-2)8-10-13/h3-10,17-18H,1-2H3/b16-11+. The van der Waals surface area contributed by atoms with Crippen molar-refractivity contribution in [2.75, 3.05) is 11.8 Å². The predicted octanol–water partition coefficient (Wildman–Crippen LogP) is 2.69. The van der Waals surface area contributed by atoms with E-state index < -0.39 is 10.0 Å². The molecule has 0 amide bonds. The first-order chi connectivity index (χ1) is 10.5. The summed E-state index contributed by atoms with van der Waals surface area (Å²) in [6.07, 6.45) is 0. The minimum Gasteiger partial charge on any atom is -0.497 e. The fraction of sp³-hybridized carbons (Fsp3) is 0.133. The molecule has 22 heavy (non-hydrogen) atoms. The van der Waals surface area contributed by atoms with E-state index in [2.05, 4.69) is 9.88 Å². The Morgan fingerprint density at radius 1 is 1.14 bits per heavy atom. The number of nitrogens with zero attached hydrogens (tertiary/aromatic N) is 1. The van der Waals surface area contributed by atoms with Gasteiger partial charge in [0.25, 0.3) is 10.0 Å². The molecule has 6 nitrogen and oxygen atoms in total. The highest BCUT2D eigenvalue weighted by molar-refractivity contribution is 7.92. The van der Waals surface area contributed by atoms with E-state index >= 15 is 0 Å². The van der Waals surface area contributed by atoms with Crippen molar-refractivity contribution >= 4 is 21.4 Å². The van der Waals surface area contributed by atoms with E-state index in [1.807, 2.05) is 0 Å². The molecule has 0 fully saturated rings. The van der Waals surface area contributed by atoms with Crippen molar-refractivity contribution in [1.82, 2.24) is 0 Å². The average Bonchev–Trinajstić information content (AvgIpc) is 2.54. The quantitative estimate of drug-likeness (QED) is 0.504. The Hall–Kier alpha value is -2.54. The van der Waals surface area contributed by atoms with Gasteiger partial charge in [0.05, 0.1) is 23.4 Å². The fourth-order valence-corrected chi connectivity index (χ4v) is 2.98. The summed E-state index contributed by atoms with van der Waals surface area (Å²) in [4.78, 5) is 0.113. The topological polar surface area (TPSA) is 88.0 Å². The van der Waals surface area contributed by atoms with Gasteiger partial charge in [-0.3, -0.25) is 4.72 Å². The molecule has 0 aliphatic heterocycles. The summed E-state index contributed by atoms with van der Waals surface area (Å²) in [6.45, 7) is 1.58. The number of methoxy groups -OCH3 is 1. The lowest BCUT2D eigenvalue weighted by atomic mass is 10.1. The van der Waals surface area contributed by atoms with Crippen molar-refractivity contribution in [3.05, 3.63) is 54.1 Å². The highest BCUT2D eigenvalue weighted by Crippen LogP contribution is 2.22. The predicted molar refractivity (Wildman–Crippen MR) is 84.2 cm³/mol. The first kappa shape index (κ1) is 15.8. The Balaban J connectivity index is 2.37. The zero-order valence-corrected chi connectivity index (χ0v) is 13.0. The lowest BCUT2D eigenvalue weighted by molar-refractivity contribution is 0.319. The average molecular weight is 320 g/mol. The van der Waals surface area contributed by atoms with Crippen LogP contribution in [0.4, 0.5) is 5.69 Å². The van der Waals surface area contributed by atoms with Gasteiger partial charge in [0.15, 0.2) is 0 Å². The van der Waals surface area contributed by atoms with Gasteiger partial charge in [-0.1, -0.05) is 23.4 Å². The Labute approximate surface area is 129 Å². The largest absolute Gasteiger partial charge is 0.497 e. The molecule has 7 heteroatoms. The third-order valence-corrected chi connectivity index (χ3v) is 4.46. The van der Waals surface area contributed by atoms with Crippen LogP contribution in [0, 0.1) is 0 Å². The highest BCUT2D eigenvalue weighted by Gasteiger charge is 2.16. The molecule has 0 radical (unpaired) electrons. The normalized spacial score (nSPS) is 12.0. The van der Waals surface area contributed by atoms with Gasteiger partial charge in [-0.05, 0) is 37.3 Å². The van der Waals surface area contributed by atoms with Gasteiger partial charge in [0.1, 0.15) is 5.75 Å². The molecule has 0 heterocycles. The number of benzene rings is 2. The third kappa shape index (κ3) is 3.37. The minimum atomic E-state index is -3.74. The molecule has 0 aliphatic rings. The summed E-state index contributed by atoms with van der Waals surface area (Å²) in [6, 6.07) is 12.7. The Bertz CT molecular complexity index is 783. The first-order valence-corrected chi connectivity index (χ1v) is 7.91. The zero-order chi connectivity index (χ0) is 16.2. The number of hydrogen-bond donors (Lipinski definition) is 2. The molecule has 0 unspecified atom stereocenters. The maximum Gasteiger partial charge on any atom is 0.261 e. The number of sulfonamides is 1. The van der Waals surface area contributed by atoms with Gasteiger partial charge in [-0.25, -0.2) is 8.42 Å². The molecule has 0 spiro atoms. The molecular weight excluding hydrogens is 304 g/mol. The molecule has 0 bridgehead atoms. The van der Waals surface area contributed by atoms with Gasteiger partial charge in [0.2, 0.25) is 0 Å². The van der Waals surface area contributed by atoms with E-state index in [9.17, 15) is 8.42 Å². The summed E-state index contributed by atoms with van der Waals surface area (Å²) in [5.74, 6) is 0.572. The molecule has 0 saturated carbocycles. The molecule has 0 aliphatic carbocycles. The monoisotopic (exact) mass is 320 g/mol. The first-order valence-electron chi connectivity index (χ1n) is 6.43. The van der Waals surface area contributed by atoms with E-state index in [1.54, 1.807) is 43.3 Å². The molecule has 2 aromatic carbocycles. The molecule has 2 rings (SSSR count). The molecule has 0 atom stereocenters. The minimum absolute atomic E-state index is 0.113. The summed E-state index contributed by atoms with van der Waals surface area (Å²) in [5, 5.41) is 12.0. The summed E-state index contributed by atoms with van der Waals surface area (Å²) < 4.78 is 32.3. The van der Waals surface area contributed by atoms with Crippen LogP contribution in [0.25, 0.3) is 0 Å². The summed E-state index contributed by atoms with van der Waals surface area (Å²) in [7, 11) is -2.24. The van der Waals surface area contributed by atoms with Crippen molar-refractivity contribution in [3.8, 4) is 5.75 Å². The molecule has 0 aromatic heterocycles. The van der Waals surface area contributed by atoms with E-state index in [-0.39, 0.29) is 4.90 Å². The Kier molecular flexibility index (Phi) is 4.67. The van der Waals surface area contributed by atoms with Crippen molar-refractivity contribution in [2.45, 2.75) is 11.8 Å². The number of para-hydroxylation sites is 1. The van der Waals surface area contributed by atoms with Crippen molar-refractivity contribution in [2.24, 2.45) is 5.16 Å². The number of anilines is 1. The van der Waals surface area contributed by atoms with Gasteiger partial charge < -0.3 is 9.94 Å². The van der Waals surface area contributed by atoms with E-state index in [0.29, 0.717) is 22.7 Å². The van der Waals surface area contributed by atoms with Gasteiger partial charge in [-0.15, -0.1) is 0 Å². The zero-order valence-electron chi connectivity index (χ0n) is 12.1. The maximum atomic E-state index is 12.4. The lowest BCUT2D eigenvalue weighted by Crippen LogP contribution is -2.15. The molecule has 0 saturated heterocycles. The smallest absolute Gasteiger partial charge is 0.261 e. The lowest BCUT2D eigenvalue weighted by Gasteiger charge is -2.12. The van der Waals surface area contributed by atoms with Gasteiger partial charge >= 0.3 is 0 Å². The van der Waals surface area contributed by atoms with Crippen LogP contribution in [0.5, 0.6) is 5.75 Å². The SMILES string of the molecule is COc1ccc(S(=O)(=O)Nc2ccccc2/C(C)=N/O)cc1. The van der Waals surface area contributed by atoms with Crippen LogP contribution >= 0.6 is 0 Å². The summed E-state index contributed by atoms with van der Waals surface area (Å²) >= 11 is 0. The van der Waals surface area contributed by atoms with Gasteiger partial charge in [-0.2, -0.15) is 0 Å². The van der Waals surface area contributed by atoms with Crippen LogP contribution in [0.15, 0.2) is 58.6 Å². The number of oxime groups is 1. The second-order valence-corrected chi connectivity index (χ2v) is 6.19. The van der Waals surface area contributed by atoms with Gasteiger partial charge in [0, 0.05) is 5.56 Å². The third-order valence-electron chi connectivity index (χ3n) is 3.08. The maximum absolute atomic E-state index is 12.4. The molecule has 116 valence electrons. The molecular formula is C15H16N2O4S. The van der Waals surface area contributed by atoms with Crippen LogP contribution < -0.4 is 9.46 Å². The van der Waals surface area contributed by atoms with Crippen LogP contribution in [0.3, 0.4) is 0 Å². The number of ether oxygens (including phenoxy) is 1. The van der Waals surface area contributed by atoms with E-state index in [1.165, 1.54) is 19.2 Å². The van der Waals surface area contributed by atoms with Crippen LogP contribution in [0.1, 0.15) is 12.5 Å². The van der Waals surface area contributed by atoms with Crippen molar-refractivity contribution in [3.63, 3.8) is 0 Å². The van der Waals surface area contributed by atoms with Crippen molar-refractivity contribution in [1.29, 1.82) is 0 Å². The van der Waals surface area contributed by atoms with E-state index in [4.69, 9.17) is 9.94 Å². The summed E-state index contributed by atoms with van der Waals surface area (Å²) in [5.41, 5.74) is 1.16. The Morgan fingerprint density at radius 3 is 2.36 bits per heavy atom. The van der Waals surface area contributed by atoms with Crippen LogP contribution in [-0.2, 0) is 10.0 Å². The number of nitrogens with one attached hydrogen (secondary N) is 1. The second-order valence-electron chi connectivity index (χ2n) is 4.51. The van der Waals surface area contributed by atoms with Crippen molar-refractivity contribution < 1.29 is 18.4 Å². The molecule has 2 aromatic rings.